The van der Waals surface area contributed by atoms with Gasteiger partial charge in [-0.2, -0.15) is 0 Å². The van der Waals surface area contributed by atoms with Gasteiger partial charge in [0.25, 0.3) is 0 Å². The monoisotopic (exact) mass is 141 g/mol. The molecule has 60 valence electrons. The Morgan fingerprint density at radius 2 is 2.20 bits per heavy atom. The summed E-state index contributed by atoms with van der Waals surface area (Å²) in [7, 11) is 0. The molecule has 0 aromatic carbocycles. The van der Waals surface area contributed by atoms with Crippen LogP contribution in [0.2, 0.25) is 0 Å². The molecule has 1 aliphatic rings. The summed E-state index contributed by atoms with van der Waals surface area (Å²) >= 11 is 0. The zero-order valence-corrected chi connectivity index (χ0v) is 7.03. The second kappa shape index (κ2) is 4.73. The summed E-state index contributed by atoms with van der Waals surface area (Å²) in [6.07, 6.45) is 7.08. The highest BCUT2D eigenvalue weighted by Gasteiger charge is 2.07. The van der Waals surface area contributed by atoms with E-state index in [4.69, 9.17) is 0 Å². The molecule has 1 aliphatic heterocycles. The van der Waals surface area contributed by atoms with E-state index in [-0.39, 0.29) is 0 Å². The second-order valence-electron chi connectivity index (χ2n) is 3.33. The van der Waals surface area contributed by atoms with Crippen molar-refractivity contribution in [2.24, 2.45) is 5.92 Å². The van der Waals surface area contributed by atoms with E-state index < -0.39 is 0 Å². The minimum absolute atomic E-state index is 0.959. The highest BCUT2D eigenvalue weighted by molar-refractivity contribution is 4.64. The summed E-state index contributed by atoms with van der Waals surface area (Å²) in [6.45, 7) is 4.81. The van der Waals surface area contributed by atoms with E-state index >= 15 is 0 Å². The Hall–Kier alpha value is -0.0400. The van der Waals surface area contributed by atoms with Crippen LogP contribution in [0.5, 0.6) is 0 Å². The first-order valence-corrected chi connectivity index (χ1v) is 4.64. The molecule has 1 nitrogen and oxygen atoms in total. The van der Waals surface area contributed by atoms with Crippen molar-refractivity contribution >= 4 is 0 Å². The van der Waals surface area contributed by atoms with Crippen molar-refractivity contribution in [3.05, 3.63) is 0 Å². The van der Waals surface area contributed by atoms with Crippen LogP contribution in [0.25, 0.3) is 0 Å². The molecule has 10 heavy (non-hydrogen) atoms. The third-order valence-electron chi connectivity index (χ3n) is 2.48. The number of nitrogens with one attached hydrogen (secondary N) is 1. The smallest absolute Gasteiger partial charge is 0.00206 e. The summed E-state index contributed by atoms with van der Waals surface area (Å²) in [5, 5.41) is 3.49. The summed E-state index contributed by atoms with van der Waals surface area (Å²) in [5.74, 6) is 0.959. The number of hydrogen-bond donors (Lipinski definition) is 1. The van der Waals surface area contributed by atoms with Crippen molar-refractivity contribution in [3.8, 4) is 0 Å². The Balaban J connectivity index is 2.16. The van der Waals surface area contributed by atoms with Gasteiger partial charge >= 0.3 is 0 Å². The lowest BCUT2D eigenvalue weighted by Gasteiger charge is -2.18. The molecule has 0 spiro atoms. The first-order valence-electron chi connectivity index (χ1n) is 4.64. The summed E-state index contributed by atoms with van der Waals surface area (Å²) in [5.41, 5.74) is 0. The van der Waals surface area contributed by atoms with E-state index in [1.165, 1.54) is 45.2 Å². The Morgan fingerprint density at radius 1 is 1.30 bits per heavy atom. The van der Waals surface area contributed by atoms with Crippen molar-refractivity contribution < 1.29 is 0 Å². The highest BCUT2D eigenvalue weighted by Crippen LogP contribution is 2.14. The van der Waals surface area contributed by atoms with Gasteiger partial charge in [-0.15, -0.1) is 0 Å². The summed E-state index contributed by atoms with van der Waals surface area (Å²) < 4.78 is 0. The van der Waals surface area contributed by atoms with Gasteiger partial charge in [-0.25, -0.2) is 0 Å². The lowest BCUT2D eigenvalue weighted by Crippen LogP contribution is -2.25. The molecule has 1 fully saturated rings. The van der Waals surface area contributed by atoms with E-state index in [1.54, 1.807) is 0 Å². The average molecular weight is 141 g/mol. The van der Waals surface area contributed by atoms with E-state index in [0.717, 1.165) is 5.92 Å². The van der Waals surface area contributed by atoms with Gasteiger partial charge in [-0.05, 0) is 31.8 Å². The lowest BCUT2D eigenvalue weighted by molar-refractivity contribution is 0.385. The van der Waals surface area contributed by atoms with Gasteiger partial charge < -0.3 is 5.32 Å². The molecule has 1 heterocycles. The molecule has 1 N–H and O–H groups in total. The van der Waals surface area contributed by atoms with E-state index in [2.05, 4.69) is 12.2 Å². The molecule has 1 saturated heterocycles. The molecule has 0 radical (unpaired) electrons. The molecule has 1 heteroatoms. The maximum absolute atomic E-state index is 3.49. The van der Waals surface area contributed by atoms with Crippen molar-refractivity contribution in [1.29, 1.82) is 0 Å². The standard InChI is InChI=1S/C9H19N/c1-2-9-6-4-3-5-7-10-8-9/h9-10H,2-8H2,1H3. The normalized spacial score (nSPS) is 29.1. The first kappa shape index (κ1) is 8.06. The molecule has 0 aliphatic carbocycles. The van der Waals surface area contributed by atoms with Gasteiger partial charge in [0, 0.05) is 0 Å². The van der Waals surface area contributed by atoms with Gasteiger partial charge in [0.15, 0.2) is 0 Å². The fourth-order valence-corrected chi connectivity index (χ4v) is 1.62. The third-order valence-corrected chi connectivity index (χ3v) is 2.48. The quantitative estimate of drug-likeness (QED) is 0.590. The number of rotatable bonds is 1. The fraction of sp³-hybridized carbons (Fsp3) is 1.00. The molecule has 0 amide bonds. The zero-order valence-electron chi connectivity index (χ0n) is 7.03. The minimum atomic E-state index is 0.959. The van der Waals surface area contributed by atoms with Crippen LogP contribution < -0.4 is 5.32 Å². The first-order chi connectivity index (χ1) is 4.93. The SMILES string of the molecule is CCC1CCCCCNC1. The van der Waals surface area contributed by atoms with Crippen molar-refractivity contribution in [2.45, 2.75) is 39.0 Å². The Kier molecular flexibility index (Phi) is 3.81. The van der Waals surface area contributed by atoms with E-state index in [0.29, 0.717) is 0 Å². The molecule has 1 atom stereocenters. The molecular weight excluding hydrogens is 122 g/mol. The lowest BCUT2D eigenvalue weighted by atomic mass is 9.97. The van der Waals surface area contributed by atoms with E-state index in [1.807, 2.05) is 0 Å². The highest BCUT2D eigenvalue weighted by atomic mass is 14.9. The fourth-order valence-electron chi connectivity index (χ4n) is 1.62. The third kappa shape index (κ3) is 2.70. The largest absolute Gasteiger partial charge is 0.316 e. The van der Waals surface area contributed by atoms with Crippen LogP contribution in [0.15, 0.2) is 0 Å². The molecule has 0 saturated carbocycles. The van der Waals surface area contributed by atoms with Crippen LogP contribution in [0.1, 0.15) is 39.0 Å². The molecule has 0 aromatic rings. The Morgan fingerprint density at radius 3 is 3.00 bits per heavy atom. The zero-order chi connectivity index (χ0) is 7.23. The average Bonchev–Trinajstić information content (AvgIpc) is 1.87. The Bertz CT molecular complexity index is 72.8. The van der Waals surface area contributed by atoms with Gasteiger partial charge in [-0.3, -0.25) is 0 Å². The van der Waals surface area contributed by atoms with Gasteiger partial charge in [0.1, 0.15) is 0 Å². The molecule has 0 bridgehead atoms. The summed E-state index contributed by atoms with van der Waals surface area (Å²) in [6, 6.07) is 0. The van der Waals surface area contributed by atoms with Crippen molar-refractivity contribution in [1.82, 2.24) is 5.32 Å². The molecule has 1 rings (SSSR count). The molecule has 0 aromatic heterocycles. The predicted octanol–water partition coefficient (Wildman–Crippen LogP) is 2.18. The second-order valence-corrected chi connectivity index (χ2v) is 3.33. The van der Waals surface area contributed by atoms with Crippen LogP contribution in [0.4, 0.5) is 0 Å². The van der Waals surface area contributed by atoms with Gasteiger partial charge in [0.2, 0.25) is 0 Å². The molecule has 1 unspecified atom stereocenters. The summed E-state index contributed by atoms with van der Waals surface area (Å²) in [4.78, 5) is 0. The van der Waals surface area contributed by atoms with Crippen LogP contribution >= 0.6 is 0 Å². The van der Waals surface area contributed by atoms with E-state index in [9.17, 15) is 0 Å². The van der Waals surface area contributed by atoms with Crippen LogP contribution in [0.3, 0.4) is 0 Å². The van der Waals surface area contributed by atoms with Gasteiger partial charge in [-0.1, -0.05) is 26.2 Å². The number of hydrogen-bond acceptors (Lipinski definition) is 1. The minimum Gasteiger partial charge on any atom is -0.316 e. The van der Waals surface area contributed by atoms with Crippen molar-refractivity contribution in [3.63, 3.8) is 0 Å². The molecular formula is C9H19N. The Labute approximate surface area is 64.2 Å². The topological polar surface area (TPSA) is 12.0 Å². The van der Waals surface area contributed by atoms with Crippen molar-refractivity contribution in [2.75, 3.05) is 13.1 Å². The van der Waals surface area contributed by atoms with Crippen LogP contribution in [-0.2, 0) is 0 Å². The van der Waals surface area contributed by atoms with Crippen LogP contribution in [-0.4, -0.2) is 13.1 Å². The van der Waals surface area contributed by atoms with Crippen LogP contribution in [0, 0.1) is 5.92 Å². The van der Waals surface area contributed by atoms with Gasteiger partial charge in [0.05, 0.1) is 0 Å². The predicted molar refractivity (Wildman–Crippen MR) is 45.1 cm³/mol. The maximum atomic E-state index is 3.49. The maximum Gasteiger partial charge on any atom is -0.00206 e.